The van der Waals surface area contributed by atoms with Crippen molar-refractivity contribution in [2.75, 3.05) is 20.3 Å². The maximum Gasteiger partial charge on any atom is 0.257 e. The average molecular weight is 454 g/mol. The zero-order valence-electron chi connectivity index (χ0n) is 13.6. The third-order valence-electron chi connectivity index (χ3n) is 3.39. The molecule has 0 unspecified atom stereocenters. The van der Waals surface area contributed by atoms with Crippen LogP contribution in [0.1, 0.15) is 15.9 Å². The number of carbonyl (C=O) groups excluding carboxylic acids is 2. The van der Waals surface area contributed by atoms with Crippen LogP contribution >= 0.6 is 22.6 Å². The molecule has 1 amide bonds. The Morgan fingerprint density at radius 1 is 1.20 bits per heavy atom. The van der Waals surface area contributed by atoms with E-state index >= 15 is 0 Å². The van der Waals surface area contributed by atoms with Crippen LogP contribution in [0.5, 0.6) is 11.5 Å². The summed E-state index contributed by atoms with van der Waals surface area (Å²) in [7, 11) is 1.40. The number of halogens is 1. The van der Waals surface area contributed by atoms with Crippen LogP contribution in [-0.4, -0.2) is 32.1 Å². The van der Waals surface area contributed by atoms with Gasteiger partial charge >= 0.3 is 0 Å². The third kappa shape index (κ3) is 5.63. The maximum absolute atomic E-state index is 11.9. The highest BCUT2D eigenvalue weighted by atomic mass is 127. The van der Waals surface area contributed by atoms with Gasteiger partial charge < -0.3 is 24.7 Å². The molecule has 2 aromatic carbocycles. The molecule has 0 spiro atoms. The van der Waals surface area contributed by atoms with Gasteiger partial charge in [-0.2, -0.15) is 0 Å². The van der Waals surface area contributed by atoms with Gasteiger partial charge in [0, 0.05) is 12.1 Å². The Kier molecular flexibility index (Phi) is 7.05. The molecule has 1 N–H and O–H groups in total. The Hall–Kier alpha value is -2.29. The van der Waals surface area contributed by atoms with E-state index in [0.29, 0.717) is 15.9 Å². The fraction of sp³-hybridized carbons (Fsp3) is 0.222. The first-order valence-corrected chi connectivity index (χ1v) is 8.61. The Morgan fingerprint density at radius 2 is 1.92 bits per heavy atom. The average Bonchev–Trinajstić information content (AvgIpc) is 2.60. The lowest BCUT2D eigenvalue weighted by atomic mass is 10.1. The van der Waals surface area contributed by atoms with Gasteiger partial charge in [0.15, 0.2) is 18.1 Å². The van der Waals surface area contributed by atoms with Gasteiger partial charge in [0.1, 0.15) is 0 Å². The van der Waals surface area contributed by atoms with Crippen LogP contribution in [0.3, 0.4) is 0 Å². The first-order valence-electron chi connectivity index (χ1n) is 7.53. The van der Waals surface area contributed by atoms with E-state index in [9.17, 15) is 14.7 Å². The number of ether oxygens (including phenoxy) is 2. The van der Waals surface area contributed by atoms with Gasteiger partial charge in [0.05, 0.1) is 16.6 Å². The van der Waals surface area contributed by atoms with Crippen LogP contribution in [0, 0.1) is 3.57 Å². The summed E-state index contributed by atoms with van der Waals surface area (Å²) >= 11 is 1.92. The zero-order chi connectivity index (χ0) is 18.2. The van der Waals surface area contributed by atoms with Crippen LogP contribution in [-0.2, 0) is 11.2 Å². The SMILES string of the molecule is COc1cc(C(=O)[O-])cc(I)c1OCC(=O)NCCc1ccccc1. The molecule has 0 saturated carbocycles. The quantitative estimate of drug-likeness (QED) is 0.610. The summed E-state index contributed by atoms with van der Waals surface area (Å²) < 4.78 is 11.2. The van der Waals surface area contributed by atoms with Crippen molar-refractivity contribution in [3.8, 4) is 11.5 Å². The summed E-state index contributed by atoms with van der Waals surface area (Å²) in [6.07, 6.45) is 0.730. The summed E-state index contributed by atoms with van der Waals surface area (Å²) in [5.74, 6) is -1.01. The van der Waals surface area contributed by atoms with Crippen molar-refractivity contribution in [1.29, 1.82) is 0 Å². The van der Waals surface area contributed by atoms with E-state index in [-0.39, 0.29) is 23.8 Å². The summed E-state index contributed by atoms with van der Waals surface area (Å²) in [5, 5.41) is 13.7. The van der Waals surface area contributed by atoms with Crippen molar-refractivity contribution in [1.82, 2.24) is 5.32 Å². The molecular formula is C18H17INO5-. The van der Waals surface area contributed by atoms with Crippen molar-refractivity contribution < 1.29 is 24.2 Å². The molecule has 2 aromatic rings. The minimum absolute atomic E-state index is 0.0130. The number of methoxy groups -OCH3 is 1. The molecule has 0 atom stereocenters. The molecule has 2 rings (SSSR count). The van der Waals surface area contributed by atoms with Gasteiger partial charge in [-0.25, -0.2) is 0 Å². The van der Waals surface area contributed by atoms with Crippen molar-refractivity contribution in [3.63, 3.8) is 0 Å². The highest BCUT2D eigenvalue weighted by molar-refractivity contribution is 14.1. The van der Waals surface area contributed by atoms with Gasteiger partial charge in [-0.1, -0.05) is 30.3 Å². The van der Waals surface area contributed by atoms with Gasteiger partial charge in [-0.3, -0.25) is 4.79 Å². The van der Waals surface area contributed by atoms with E-state index in [1.54, 1.807) is 0 Å². The number of hydrogen-bond donors (Lipinski definition) is 1. The molecule has 0 bridgehead atoms. The molecule has 7 heteroatoms. The van der Waals surface area contributed by atoms with Crippen molar-refractivity contribution in [2.24, 2.45) is 0 Å². The number of hydrogen-bond acceptors (Lipinski definition) is 5. The lowest BCUT2D eigenvalue weighted by molar-refractivity contribution is -0.255. The molecule has 132 valence electrons. The molecule has 0 fully saturated rings. The Balaban J connectivity index is 1.89. The predicted molar refractivity (Wildman–Crippen MR) is 98.7 cm³/mol. The van der Waals surface area contributed by atoms with E-state index in [1.807, 2.05) is 52.9 Å². The first-order chi connectivity index (χ1) is 12.0. The number of carboxylic acid groups (broad SMARTS) is 1. The van der Waals surface area contributed by atoms with Crippen molar-refractivity contribution >= 4 is 34.5 Å². The molecule has 0 radical (unpaired) electrons. The number of carbonyl (C=O) groups is 2. The fourth-order valence-electron chi connectivity index (χ4n) is 2.16. The van der Waals surface area contributed by atoms with E-state index < -0.39 is 5.97 Å². The predicted octanol–water partition coefficient (Wildman–Crippen LogP) is 1.40. The molecule has 0 heterocycles. The molecule has 0 aromatic heterocycles. The fourth-order valence-corrected chi connectivity index (χ4v) is 2.91. The number of rotatable bonds is 8. The first kappa shape index (κ1) is 19.0. The van der Waals surface area contributed by atoms with E-state index in [4.69, 9.17) is 9.47 Å². The standard InChI is InChI=1S/C18H18INO5/c1-24-15-10-13(18(22)23)9-14(19)17(15)25-11-16(21)20-8-7-12-5-3-2-4-6-12/h2-6,9-10H,7-8,11H2,1H3,(H,20,21)(H,22,23)/p-1. The van der Waals surface area contributed by atoms with Crippen LogP contribution < -0.4 is 19.9 Å². The van der Waals surface area contributed by atoms with Crippen LogP contribution in [0.4, 0.5) is 0 Å². The van der Waals surface area contributed by atoms with Crippen LogP contribution in [0.25, 0.3) is 0 Å². The second-order valence-electron chi connectivity index (χ2n) is 5.15. The molecule has 0 saturated heterocycles. The number of carboxylic acids is 1. The smallest absolute Gasteiger partial charge is 0.257 e. The van der Waals surface area contributed by atoms with E-state index in [1.165, 1.54) is 19.2 Å². The minimum Gasteiger partial charge on any atom is -0.545 e. The molecule has 0 aliphatic rings. The molecule has 0 aliphatic carbocycles. The summed E-state index contributed by atoms with van der Waals surface area (Å²) in [6.45, 7) is 0.315. The molecule has 0 aliphatic heterocycles. The topological polar surface area (TPSA) is 87.7 Å². The van der Waals surface area contributed by atoms with Gasteiger partial charge in [0.2, 0.25) is 0 Å². The van der Waals surface area contributed by atoms with Gasteiger partial charge in [-0.15, -0.1) is 0 Å². The highest BCUT2D eigenvalue weighted by Gasteiger charge is 2.13. The minimum atomic E-state index is -1.30. The summed E-state index contributed by atoms with van der Waals surface area (Å²) in [5.41, 5.74) is 1.12. The highest BCUT2D eigenvalue weighted by Crippen LogP contribution is 2.33. The zero-order valence-corrected chi connectivity index (χ0v) is 15.7. The number of aromatic carboxylic acids is 1. The van der Waals surface area contributed by atoms with E-state index in [2.05, 4.69) is 5.32 Å². The largest absolute Gasteiger partial charge is 0.545 e. The van der Waals surface area contributed by atoms with Crippen molar-refractivity contribution in [3.05, 3.63) is 57.2 Å². The normalized spacial score (nSPS) is 10.2. The Morgan fingerprint density at radius 3 is 2.56 bits per heavy atom. The Labute approximate surface area is 159 Å². The second kappa shape index (κ2) is 9.26. The number of amides is 1. The summed E-state index contributed by atoms with van der Waals surface area (Å²) in [4.78, 5) is 22.9. The van der Waals surface area contributed by atoms with E-state index in [0.717, 1.165) is 12.0 Å². The molecular weight excluding hydrogens is 437 g/mol. The number of nitrogens with one attached hydrogen (secondary N) is 1. The maximum atomic E-state index is 11.9. The lowest BCUT2D eigenvalue weighted by Gasteiger charge is -2.14. The Bertz CT molecular complexity index is 749. The van der Waals surface area contributed by atoms with Crippen LogP contribution in [0.2, 0.25) is 0 Å². The molecule has 6 nitrogen and oxygen atoms in total. The summed E-state index contributed by atoms with van der Waals surface area (Å²) in [6, 6.07) is 12.5. The van der Waals surface area contributed by atoms with Gasteiger partial charge in [0.25, 0.3) is 5.91 Å². The van der Waals surface area contributed by atoms with Gasteiger partial charge in [-0.05, 0) is 46.7 Å². The second-order valence-corrected chi connectivity index (χ2v) is 6.31. The third-order valence-corrected chi connectivity index (χ3v) is 4.19. The number of benzene rings is 2. The van der Waals surface area contributed by atoms with Crippen LogP contribution in [0.15, 0.2) is 42.5 Å². The van der Waals surface area contributed by atoms with Crippen molar-refractivity contribution in [2.45, 2.75) is 6.42 Å². The monoisotopic (exact) mass is 454 g/mol. The lowest BCUT2D eigenvalue weighted by Crippen LogP contribution is -2.30. The molecule has 25 heavy (non-hydrogen) atoms.